The van der Waals surface area contributed by atoms with Crippen molar-refractivity contribution in [2.75, 3.05) is 75.0 Å². The molecule has 15 nitrogen and oxygen atoms in total. The predicted octanol–water partition coefficient (Wildman–Crippen LogP) is 2.00. The normalized spacial score (nSPS) is 13.9. The number of nitrogens with one attached hydrogen (secondary N) is 10. The van der Waals surface area contributed by atoms with Crippen LogP contribution < -0.4 is 53.2 Å². The summed E-state index contributed by atoms with van der Waals surface area (Å²) in [4.78, 5) is 65.8. The number of carbonyl (C=O) groups is 5. The Bertz CT molecular complexity index is 1050. The van der Waals surface area contributed by atoms with Gasteiger partial charge in [-0.05, 0) is 146 Å². The minimum Gasteiger partial charge on any atom is -0.353 e. The van der Waals surface area contributed by atoms with Gasteiger partial charge in [-0.15, -0.1) is 0 Å². The summed E-state index contributed by atoms with van der Waals surface area (Å²) < 4.78 is 0. The first kappa shape index (κ1) is 54.3. The number of unbranched alkanes of at least 4 members (excludes halogenated alkanes) is 5. The van der Waals surface area contributed by atoms with E-state index in [4.69, 9.17) is 0 Å². The van der Waals surface area contributed by atoms with Gasteiger partial charge in [0.1, 0.15) is 5.78 Å². The van der Waals surface area contributed by atoms with Crippen LogP contribution in [0.1, 0.15) is 135 Å². The van der Waals surface area contributed by atoms with Crippen LogP contribution in [0.4, 0.5) is 0 Å². The highest BCUT2D eigenvalue weighted by molar-refractivity contribution is 5.83. The molecule has 0 aromatic rings. The molecule has 0 aliphatic rings. The lowest BCUT2D eigenvalue weighted by Gasteiger charge is -2.25. The molecule has 0 bridgehead atoms. The third-order valence-electron chi connectivity index (χ3n) is 10.3. The minimum atomic E-state index is -0.391. The predicted molar refractivity (Wildman–Crippen MR) is 233 cm³/mol. The molecule has 0 aromatic heterocycles. The van der Waals surface area contributed by atoms with Gasteiger partial charge in [0, 0.05) is 62.3 Å². The molecule has 5 unspecified atom stereocenters. The maximum atomic E-state index is 13.6. The Hall–Kier alpha value is -2.69. The number of hydrogen-bond acceptors (Lipinski definition) is 11. The van der Waals surface area contributed by atoms with Crippen molar-refractivity contribution < 1.29 is 24.0 Å². The van der Waals surface area contributed by atoms with E-state index < -0.39 is 6.04 Å². The van der Waals surface area contributed by atoms with E-state index in [1.165, 1.54) is 0 Å². The molecule has 0 saturated heterocycles. The highest BCUT2D eigenvalue weighted by atomic mass is 16.2. The van der Waals surface area contributed by atoms with Crippen LogP contribution in [0.5, 0.6) is 0 Å². The fourth-order valence-electron chi connectivity index (χ4n) is 7.10. The van der Waals surface area contributed by atoms with Gasteiger partial charge in [-0.25, -0.2) is 0 Å². The zero-order valence-electron chi connectivity index (χ0n) is 37.1. The van der Waals surface area contributed by atoms with Gasteiger partial charge in [0.05, 0.1) is 0 Å². The zero-order chi connectivity index (χ0) is 42.5. The summed E-state index contributed by atoms with van der Waals surface area (Å²) in [5.74, 6) is -0.610. The summed E-state index contributed by atoms with van der Waals surface area (Å²) in [6.07, 6.45) is 13.7. The number of rotatable bonds is 40. The van der Waals surface area contributed by atoms with Crippen LogP contribution in [-0.2, 0) is 24.0 Å². The fraction of sp³-hybridized carbons (Fsp3) is 0.881. The third-order valence-corrected chi connectivity index (χ3v) is 10.3. The van der Waals surface area contributed by atoms with Crippen molar-refractivity contribution in [3.8, 4) is 0 Å². The van der Waals surface area contributed by atoms with Crippen LogP contribution >= 0.6 is 0 Å². The van der Waals surface area contributed by atoms with Crippen molar-refractivity contribution in [3.05, 3.63) is 0 Å². The van der Waals surface area contributed by atoms with E-state index in [2.05, 4.69) is 53.2 Å². The smallest absolute Gasteiger partial charge is 0.222 e. The molecule has 0 spiro atoms. The van der Waals surface area contributed by atoms with Gasteiger partial charge in [-0.3, -0.25) is 24.0 Å². The van der Waals surface area contributed by atoms with Crippen molar-refractivity contribution in [2.45, 2.75) is 166 Å². The number of Topliss-reactive ketones (excluding diaryl/α,β-unsaturated/α-hetero) is 1. The number of carbonyl (C=O) groups excluding carboxylic acids is 5. The molecule has 0 radical (unpaired) electrons. The van der Waals surface area contributed by atoms with Gasteiger partial charge in [-0.1, -0.05) is 32.1 Å². The molecular formula is C42H86N10O5. The van der Waals surface area contributed by atoms with Crippen molar-refractivity contribution in [1.29, 1.82) is 0 Å². The molecule has 4 amide bonds. The number of hydrogen-bond donors (Lipinski definition) is 10. The van der Waals surface area contributed by atoms with E-state index in [0.29, 0.717) is 25.7 Å². The summed E-state index contributed by atoms with van der Waals surface area (Å²) in [7, 11) is 11.4. The van der Waals surface area contributed by atoms with Crippen LogP contribution in [0.3, 0.4) is 0 Å². The third kappa shape index (κ3) is 32.9. The lowest BCUT2D eigenvalue weighted by atomic mass is 10.0. The van der Waals surface area contributed by atoms with Gasteiger partial charge >= 0.3 is 0 Å². The van der Waals surface area contributed by atoms with Crippen molar-refractivity contribution in [3.63, 3.8) is 0 Å². The first-order chi connectivity index (χ1) is 27.5. The second-order valence-electron chi connectivity index (χ2n) is 15.8. The van der Waals surface area contributed by atoms with E-state index in [1.54, 1.807) is 6.92 Å². The van der Waals surface area contributed by atoms with Crippen LogP contribution in [0.25, 0.3) is 0 Å². The molecule has 5 atom stereocenters. The van der Waals surface area contributed by atoms with E-state index in [0.717, 1.165) is 110 Å². The summed E-state index contributed by atoms with van der Waals surface area (Å²) in [6.45, 7) is 5.90. The summed E-state index contributed by atoms with van der Waals surface area (Å²) in [6, 6.07) is -1.25. The summed E-state index contributed by atoms with van der Waals surface area (Å²) in [5.41, 5.74) is 0. The molecule has 0 aromatic carbocycles. The summed E-state index contributed by atoms with van der Waals surface area (Å²) >= 11 is 0. The van der Waals surface area contributed by atoms with Gasteiger partial charge in [0.15, 0.2) is 0 Å². The van der Waals surface area contributed by atoms with Gasteiger partial charge in [0.25, 0.3) is 0 Å². The molecular weight excluding hydrogens is 725 g/mol. The van der Waals surface area contributed by atoms with Crippen molar-refractivity contribution >= 4 is 29.4 Å². The van der Waals surface area contributed by atoms with E-state index >= 15 is 0 Å². The quantitative estimate of drug-likeness (QED) is 0.0406. The molecule has 0 aliphatic carbocycles. The Morgan fingerprint density at radius 3 is 0.789 bits per heavy atom. The first-order valence-electron chi connectivity index (χ1n) is 22.1. The molecule has 57 heavy (non-hydrogen) atoms. The standard InChI is InChI=1S/C42H86N10O5/c1-33(53)28-35(19-9-14-24-44-3)49-40(55)30-37(21-11-16-26-46-5)51-42(57)32-38(22-12-17-27-47-6)52-41(56)31-36(20-10-15-25-45-4)50-39(54)29-34(48-7)18-8-13-23-43-2/h34-38,43-48H,8-32H2,1-7H3,(H,49,55)(H,50,54)(H,51,57)(H,52,56). The molecule has 0 saturated carbocycles. The van der Waals surface area contributed by atoms with Crippen LogP contribution in [0, 0.1) is 0 Å². The second kappa shape index (κ2) is 37.6. The molecule has 334 valence electrons. The molecule has 0 fully saturated rings. The largest absolute Gasteiger partial charge is 0.353 e. The van der Waals surface area contributed by atoms with Gasteiger partial charge in [0.2, 0.25) is 23.6 Å². The number of amides is 4. The molecule has 0 rings (SSSR count). The Morgan fingerprint density at radius 1 is 0.333 bits per heavy atom. The topological polar surface area (TPSA) is 206 Å². The Morgan fingerprint density at radius 2 is 0.561 bits per heavy atom. The van der Waals surface area contributed by atoms with Crippen molar-refractivity contribution in [1.82, 2.24) is 53.2 Å². The van der Waals surface area contributed by atoms with E-state index in [1.807, 2.05) is 42.3 Å². The molecule has 15 heteroatoms. The SMILES string of the molecule is CNCCCCC(CC(=O)NC(CCCCNC)CC(=O)NC(CCCCNC)CC(=O)NC(CCCCNC)CC(=O)NC(CCCCNC)CC(C)=O)NC. The Labute approximate surface area is 346 Å². The monoisotopic (exact) mass is 811 g/mol. The second-order valence-corrected chi connectivity index (χ2v) is 15.8. The molecule has 0 heterocycles. The maximum Gasteiger partial charge on any atom is 0.222 e. The fourth-order valence-corrected chi connectivity index (χ4v) is 7.10. The summed E-state index contributed by atoms with van der Waals surface area (Å²) in [5, 5.41) is 31.5. The van der Waals surface area contributed by atoms with Gasteiger partial charge < -0.3 is 53.2 Å². The Kier molecular flexibility index (Phi) is 35.8. The van der Waals surface area contributed by atoms with E-state index in [-0.39, 0.29) is 79.3 Å². The van der Waals surface area contributed by atoms with Crippen LogP contribution in [0.15, 0.2) is 0 Å². The first-order valence-corrected chi connectivity index (χ1v) is 22.1. The lowest BCUT2D eigenvalue weighted by molar-refractivity contribution is -0.125. The molecule has 10 N–H and O–H groups in total. The lowest BCUT2D eigenvalue weighted by Crippen LogP contribution is -2.46. The van der Waals surface area contributed by atoms with Crippen LogP contribution in [-0.4, -0.2) is 135 Å². The highest BCUT2D eigenvalue weighted by Gasteiger charge is 2.24. The Balaban J connectivity index is 5.73. The average molecular weight is 811 g/mol. The zero-order valence-corrected chi connectivity index (χ0v) is 37.1. The minimum absolute atomic E-state index is 0.0323. The average Bonchev–Trinajstić information content (AvgIpc) is 3.16. The molecule has 0 aliphatic heterocycles. The van der Waals surface area contributed by atoms with Crippen LogP contribution in [0.2, 0.25) is 0 Å². The maximum absolute atomic E-state index is 13.6. The van der Waals surface area contributed by atoms with Crippen molar-refractivity contribution in [2.24, 2.45) is 0 Å². The number of ketones is 1. The van der Waals surface area contributed by atoms with E-state index in [9.17, 15) is 24.0 Å². The highest BCUT2D eigenvalue weighted by Crippen LogP contribution is 2.13. The van der Waals surface area contributed by atoms with Gasteiger partial charge in [-0.2, -0.15) is 0 Å².